The number of hydrogen-bond acceptors (Lipinski definition) is 4. The number of nitro groups is 1. The number of aryl methyl sites for hydroxylation is 1. The van der Waals surface area contributed by atoms with Gasteiger partial charge < -0.3 is 9.64 Å². The number of ether oxygens (including phenoxy) is 1. The van der Waals surface area contributed by atoms with Crippen molar-refractivity contribution in [3.05, 3.63) is 68.2 Å². The minimum atomic E-state index is -0.371. The minimum absolute atomic E-state index is 0.135. The summed E-state index contributed by atoms with van der Waals surface area (Å²) in [5.74, 6) is 0.958. The molecule has 0 saturated carbocycles. The number of benzene rings is 2. The van der Waals surface area contributed by atoms with E-state index in [1.807, 2.05) is 24.3 Å². The molecule has 3 rings (SSSR count). The van der Waals surface area contributed by atoms with Crippen LogP contribution in [0.25, 0.3) is 0 Å². The predicted molar refractivity (Wildman–Crippen MR) is 108 cm³/mol. The van der Waals surface area contributed by atoms with E-state index in [0.717, 1.165) is 61.5 Å². The highest BCUT2D eigenvalue weighted by Crippen LogP contribution is 2.31. The van der Waals surface area contributed by atoms with Crippen LogP contribution in [0, 0.1) is 10.1 Å². The summed E-state index contributed by atoms with van der Waals surface area (Å²) in [7, 11) is 2.14. The summed E-state index contributed by atoms with van der Waals surface area (Å²) in [4.78, 5) is 12.6. The van der Waals surface area contributed by atoms with E-state index in [9.17, 15) is 10.1 Å². The van der Waals surface area contributed by atoms with Crippen molar-refractivity contribution in [1.82, 2.24) is 4.90 Å². The molecule has 0 aliphatic carbocycles. The van der Waals surface area contributed by atoms with Crippen molar-refractivity contribution < 1.29 is 9.66 Å². The molecule has 1 heterocycles. The number of rotatable bonds is 7. The topological polar surface area (TPSA) is 55.6 Å². The highest BCUT2D eigenvalue weighted by Gasteiger charge is 2.18. The highest BCUT2D eigenvalue weighted by molar-refractivity contribution is 6.31. The Morgan fingerprint density at radius 2 is 1.78 bits per heavy atom. The first-order chi connectivity index (χ1) is 13.0. The van der Waals surface area contributed by atoms with Gasteiger partial charge in [0.2, 0.25) is 0 Å². The van der Waals surface area contributed by atoms with Gasteiger partial charge in [-0.25, -0.2) is 0 Å². The van der Waals surface area contributed by atoms with Gasteiger partial charge in [0.05, 0.1) is 11.5 Å². The fraction of sp³-hybridized carbons (Fsp3) is 0.429. The van der Waals surface area contributed by atoms with Gasteiger partial charge in [-0.1, -0.05) is 23.7 Å². The Kier molecular flexibility index (Phi) is 6.69. The second kappa shape index (κ2) is 9.20. The molecule has 0 saturated heterocycles. The van der Waals surface area contributed by atoms with E-state index in [4.69, 9.17) is 16.3 Å². The standard InChI is InChI=1S/C21H25ClN2O3/c1-23-13-11-18-19(12-14-23)21(10-9-20(18)22)27-15-3-2-4-16-5-7-17(8-6-16)24(25)26/h5-10H,2-4,11-15H2,1H3. The Hall–Kier alpha value is -2.11. The van der Waals surface area contributed by atoms with E-state index in [1.54, 1.807) is 12.1 Å². The molecule has 0 aromatic heterocycles. The summed E-state index contributed by atoms with van der Waals surface area (Å²) in [5, 5.41) is 11.5. The number of halogens is 1. The molecular weight excluding hydrogens is 364 g/mol. The number of fused-ring (bicyclic) bond motifs is 1. The lowest BCUT2D eigenvalue weighted by molar-refractivity contribution is -0.384. The maximum Gasteiger partial charge on any atom is 0.269 e. The molecule has 0 spiro atoms. The van der Waals surface area contributed by atoms with E-state index in [1.165, 1.54) is 11.1 Å². The molecule has 0 N–H and O–H groups in total. The summed E-state index contributed by atoms with van der Waals surface area (Å²) >= 11 is 6.40. The fourth-order valence-electron chi connectivity index (χ4n) is 3.44. The van der Waals surface area contributed by atoms with Crippen LogP contribution in [0.1, 0.15) is 29.5 Å². The van der Waals surface area contributed by atoms with Gasteiger partial charge in [0.1, 0.15) is 5.75 Å². The third-order valence-electron chi connectivity index (χ3n) is 5.08. The monoisotopic (exact) mass is 388 g/mol. The second-order valence-corrected chi connectivity index (χ2v) is 7.44. The maximum absolute atomic E-state index is 10.7. The van der Waals surface area contributed by atoms with Gasteiger partial charge in [0.25, 0.3) is 5.69 Å². The average Bonchev–Trinajstić information content (AvgIpc) is 2.86. The lowest BCUT2D eigenvalue weighted by Gasteiger charge is -2.15. The third-order valence-corrected chi connectivity index (χ3v) is 5.44. The van der Waals surface area contributed by atoms with Crippen molar-refractivity contribution in [3.63, 3.8) is 0 Å². The van der Waals surface area contributed by atoms with Gasteiger partial charge in [-0.05, 0) is 62.4 Å². The van der Waals surface area contributed by atoms with Crippen LogP contribution < -0.4 is 4.74 Å². The predicted octanol–water partition coefficient (Wildman–Crippen LogP) is 4.68. The largest absolute Gasteiger partial charge is 0.493 e. The molecule has 0 radical (unpaired) electrons. The zero-order chi connectivity index (χ0) is 19.2. The number of hydrogen-bond donors (Lipinski definition) is 0. The third kappa shape index (κ3) is 5.21. The molecule has 0 amide bonds. The Balaban J connectivity index is 1.50. The van der Waals surface area contributed by atoms with Crippen LogP contribution >= 0.6 is 11.6 Å². The van der Waals surface area contributed by atoms with E-state index in [-0.39, 0.29) is 10.6 Å². The number of likely N-dealkylation sites (N-methyl/N-ethyl adjacent to an activating group) is 1. The van der Waals surface area contributed by atoms with Gasteiger partial charge >= 0.3 is 0 Å². The summed E-state index contributed by atoms with van der Waals surface area (Å²) in [6.07, 6.45) is 4.74. The van der Waals surface area contributed by atoms with Gasteiger partial charge in [0, 0.05) is 35.8 Å². The molecule has 1 aliphatic rings. The van der Waals surface area contributed by atoms with Crippen molar-refractivity contribution in [2.75, 3.05) is 26.7 Å². The Bertz CT molecular complexity index is 793. The van der Waals surface area contributed by atoms with Crippen LogP contribution in [0.3, 0.4) is 0 Å². The van der Waals surface area contributed by atoms with E-state index in [0.29, 0.717) is 6.61 Å². The van der Waals surface area contributed by atoms with Gasteiger partial charge in [-0.2, -0.15) is 0 Å². The molecule has 5 nitrogen and oxygen atoms in total. The quantitative estimate of drug-likeness (QED) is 0.392. The summed E-state index contributed by atoms with van der Waals surface area (Å²) in [6.45, 7) is 2.70. The summed E-state index contributed by atoms with van der Waals surface area (Å²) < 4.78 is 6.07. The van der Waals surface area contributed by atoms with Crippen LogP contribution in [0.5, 0.6) is 5.75 Å². The van der Waals surface area contributed by atoms with E-state index >= 15 is 0 Å². The lowest BCUT2D eigenvalue weighted by atomic mass is 10.0. The zero-order valence-electron chi connectivity index (χ0n) is 15.6. The number of non-ortho nitro benzene ring substituents is 1. The van der Waals surface area contributed by atoms with Crippen LogP contribution in [-0.2, 0) is 19.3 Å². The molecule has 144 valence electrons. The normalized spacial score (nSPS) is 14.4. The molecule has 2 aromatic rings. The Labute approximate surface area is 165 Å². The van der Waals surface area contributed by atoms with Crippen molar-refractivity contribution in [2.24, 2.45) is 0 Å². The van der Waals surface area contributed by atoms with Crippen LogP contribution in [0.15, 0.2) is 36.4 Å². The van der Waals surface area contributed by atoms with Gasteiger partial charge in [-0.15, -0.1) is 0 Å². The first kappa shape index (κ1) is 19.6. The Morgan fingerprint density at radius 1 is 1.07 bits per heavy atom. The molecule has 0 unspecified atom stereocenters. The van der Waals surface area contributed by atoms with Gasteiger partial charge in [0.15, 0.2) is 0 Å². The average molecular weight is 389 g/mol. The molecule has 0 atom stereocenters. The number of nitro benzene ring substituents is 1. The molecule has 1 aliphatic heterocycles. The number of unbranched alkanes of at least 4 members (excludes halogenated alkanes) is 1. The second-order valence-electron chi connectivity index (χ2n) is 7.04. The molecule has 6 heteroatoms. The lowest BCUT2D eigenvalue weighted by Crippen LogP contribution is -2.20. The van der Waals surface area contributed by atoms with Crippen LogP contribution in [0.4, 0.5) is 5.69 Å². The first-order valence-electron chi connectivity index (χ1n) is 9.39. The van der Waals surface area contributed by atoms with Crippen molar-refractivity contribution in [3.8, 4) is 5.75 Å². The highest BCUT2D eigenvalue weighted by atomic mass is 35.5. The van der Waals surface area contributed by atoms with Crippen molar-refractivity contribution in [2.45, 2.75) is 32.1 Å². The first-order valence-corrected chi connectivity index (χ1v) is 9.77. The molecular formula is C21H25ClN2O3. The van der Waals surface area contributed by atoms with E-state index < -0.39 is 0 Å². The van der Waals surface area contributed by atoms with Crippen molar-refractivity contribution in [1.29, 1.82) is 0 Å². The maximum atomic E-state index is 10.7. The smallest absolute Gasteiger partial charge is 0.269 e. The van der Waals surface area contributed by atoms with E-state index in [2.05, 4.69) is 11.9 Å². The fourth-order valence-corrected chi connectivity index (χ4v) is 3.71. The van der Waals surface area contributed by atoms with Crippen molar-refractivity contribution >= 4 is 17.3 Å². The van der Waals surface area contributed by atoms with Crippen LogP contribution in [0.2, 0.25) is 5.02 Å². The number of nitrogens with zero attached hydrogens (tertiary/aromatic N) is 2. The zero-order valence-corrected chi connectivity index (χ0v) is 16.4. The molecule has 2 aromatic carbocycles. The minimum Gasteiger partial charge on any atom is -0.493 e. The molecule has 0 fully saturated rings. The van der Waals surface area contributed by atoms with Gasteiger partial charge in [-0.3, -0.25) is 10.1 Å². The molecule has 0 bridgehead atoms. The Morgan fingerprint density at radius 3 is 2.48 bits per heavy atom. The summed E-state index contributed by atoms with van der Waals surface area (Å²) in [6, 6.07) is 10.7. The van der Waals surface area contributed by atoms with Crippen LogP contribution in [-0.4, -0.2) is 36.6 Å². The SMILES string of the molecule is CN1CCc2c(Cl)ccc(OCCCCc3ccc([N+](=O)[O-])cc3)c2CC1. The summed E-state index contributed by atoms with van der Waals surface area (Å²) in [5.41, 5.74) is 3.73. The molecule has 27 heavy (non-hydrogen) atoms.